The first-order chi connectivity index (χ1) is 8.42. The van der Waals surface area contributed by atoms with Gasteiger partial charge in [-0.1, -0.05) is 59.7 Å². The molecule has 0 aliphatic carbocycles. The van der Waals surface area contributed by atoms with E-state index in [1.165, 1.54) is 16.3 Å². The molecule has 17 heavy (non-hydrogen) atoms. The van der Waals surface area contributed by atoms with Gasteiger partial charge < -0.3 is 0 Å². The zero-order valence-corrected chi connectivity index (χ0v) is 9.45. The van der Waals surface area contributed by atoms with E-state index in [1.54, 1.807) is 0 Å². The summed E-state index contributed by atoms with van der Waals surface area (Å²) in [5, 5.41) is 5.98. The Bertz CT molecular complexity index is 576. The fraction of sp³-hybridized carbons (Fsp3) is 0.143. The summed E-state index contributed by atoms with van der Waals surface area (Å²) in [7, 11) is 0. The number of hydrogen-bond donors (Lipinski definition) is 0. The van der Waals surface area contributed by atoms with Crippen LogP contribution < -0.4 is 0 Å². The monoisotopic (exact) mass is 223 g/mol. The second-order valence-corrected chi connectivity index (χ2v) is 3.71. The van der Waals surface area contributed by atoms with E-state index in [1.807, 2.05) is 18.2 Å². The minimum atomic E-state index is 0.512. The molecular formula is C14H13N3. The van der Waals surface area contributed by atoms with Gasteiger partial charge >= 0.3 is 0 Å². The van der Waals surface area contributed by atoms with Crippen molar-refractivity contribution in [2.75, 3.05) is 6.54 Å². The number of rotatable bonds is 4. The third kappa shape index (κ3) is 2.86. The largest absolute Gasteiger partial charge is 0.0937 e. The van der Waals surface area contributed by atoms with Crippen LogP contribution in [0.4, 0.5) is 0 Å². The highest BCUT2D eigenvalue weighted by Gasteiger charge is 1.95. The molecule has 0 saturated carbocycles. The molecule has 0 unspecified atom stereocenters. The topological polar surface area (TPSA) is 48.8 Å². The van der Waals surface area contributed by atoms with Crippen LogP contribution >= 0.6 is 0 Å². The lowest BCUT2D eigenvalue weighted by atomic mass is 10.0. The SMILES string of the molecule is [N-]=[N+]=NCCC=Cc1cccc2ccccc12. The van der Waals surface area contributed by atoms with Crippen LogP contribution in [0.1, 0.15) is 12.0 Å². The Morgan fingerprint density at radius 2 is 1.94 bits per heavy atom. The Kier molecular flexibility index (Phi) is 3.79. The Morgan fingerprint density at radius 3 is 2.82 bits per heavy atom. The van der Waals surface area contributed by atoms with Crippen molar-refractivity contribution in [3.8, 4) is 0 Å². The number of hydrogen-bond acceptors (Lipinski definition) is 1. The Balaban J connectivity index is 2.21. The summed E-state index contributed by atoms with van der Waals surface area (Å²) >= 11 is 0. The normalized spacial score (nSPS) is 10.6. The van der Waals surface area contributed by atoms with Crippen molar-refractivity contribution in [2.24, 2.45) is 5.11 Å². The highest BCUT2D eigenvalue weighted by atomic mass is 15.1. The van der Waals surface area contributed by atoms with Crippen LogP contribution in [0.2, 0.25) is 0 Å². The lowest BCUT2D eigenvalue weighted by Crippen LogP contribution is -1.78. The molecule has 0 spiro atoms. The lowest BCUT2D eigenvalue weighted by Gasteiger charge is -2.01. The molecule has 0 bridgehead atoms. The van der Waals surface area contributed by atoms with Gasteiger partial charge in [0.05, 0.1) is 0 Å². The van der Waals surface area contributed by atoms with Crippen LogP contribution in [0.5, 0.6) is 0 Å². The second kappa shape index (κ2) is 5.73. The van der Waals surface area contributed by atoms with Crippen molar-refractivity contribution in [2.45, 2.75) is 6.42 Å². The van der Waals surface area contributed by atoms with E-state index < -0.39 is 0 Å². The predicted molar refractivity (Wildman–Crippen MR) is 71.6 cm³/mol. The van der Waals surface area contributed by atoms with Gasteiger partial charge in [-0.15, -0.1) is 0 Å². The standard InChI is InChI=1S/C14H13N3/c15-17-16-11-4-3-7-13-9-5-8-12-6-1-2-10-14(12)13/h1-3,5-10H,4,11H2. The minimum absolute atomic E-state index is 0.512. The second-order valence-electron chi connectivity index (χ2n) is 3.71. The summed E-state index contributed by atoms with van der Waals surface area (Å²) in [5.74, 6) is 0. The molecule has 2 aromatic carbocycles. The maximum absolute atomic E-state index is 8.16. The smallest absolute Gasteiger partial charge is 0.0292 e. The molecule has 0 N–H and O–H groups in total. The molecule has 84 valence electrons. The molecule has 2 rings (SSSR count). The lowest BCUT2D eigenvalue weighted by molar-refractivity contribution is 0.996. The number of azide groups is 1. The van der Waals surface area contributed by atoms with Gasteiger partial charge in [0.25, 0.3) is 0 Å². The van der Waals surface area contributed by atoms with Gasteiger partial charge in [0.15, 0.2) is 0 Å². The summed E-state index contributed by atoms with van der Waals surface area (Å²) < 4.78 is 0. The van der Waals surface area contributed by atoms with E-state index in [9.17, 15) is 0 Å². The van der Waals surface area contributed by atoms with Crippen LogP contribution in [0.3, 0.4) is 0 Å². The molecular weight excluding hydrogens is 210 g/mol. The zero-order chi connectivity index (χ0) is 11.9. The molecule has 3 heteroatoms. The van der Waals surface area contributed by atoms with Gasteiger partial charge in [0, 0.05) is 11.5 Å². The minimum Gasteiger partial charge on any atom is -0.0937 e. The number of benzene rings is 2. The Labute approximate surface area is 100 Å². The van der Waals surface area contributed by atoms with Crippen molar-refractivity contribution >= 4 is 16.8 Å². The highest BCUT2D eigenvalue weighted by Crippen LogP contribution is 2.19. The van der Waals surface area contributed by atoms with Crippen LogP contribution in [-0.2, 0) is 0 Å². The Hall–Kier alpha value is -2.25. The van der Waals surface area contributed by atoms with Gasteiger partial charge in [0.1, 0.15) is 0 Å². The highest BCUT2D eigenvalue weighted by molar-refractivity contribution is 5.90. The van der Waals surface area contributed by atoms with Crippen LogP contribution in [0.25, 0.3) is 27.3 Å². The molecule has 0 aliphatic rings. The first kappa shape index (κ1) is 11.2. The van der Waals surface area contributed by atoms with Crippen LogP contribution in [0.15, 0.2) is 53.7 Å². The van der Waals surface area contributed by atoms with E-state index in [4.69, 9.17) is 5.53 Å². The van der Waals surface area contributed by atoms with Gasteiger partial charge in [0.2, 0.25) is 0 Å². The van der Waals surface area contributed by atoms with E-state index >= 15 is 0 Å². The van der Waals surface area contributed by atoms with Crippen LogP contribution in [0, 0.1) is 0 Å². The van der Waals surface area contributed by atoms with E-state index in [0.29, 0.717) is 6.54 Å². The zero-order valence-electron chi connectivity index (χ0n) is 9.45. The number of nitrogens with zero attached hydrogens (tertiary/aromatic N) is 3. The summed E-state index contributed by atoms with van der Waals surface area (Å²) in [6.45, 7) is 0.512. The van der Waals surface area contributed by atoms with E-state index in [0.717, 1.165) is 6.42 Å². The molecule has 0 fully saturated rings. The van der Waals surface area contributed by atoms with Gasteiger partial charge in [-0.05, 0) is 28.3 Å². The quantitative estimate of drug-likeness (QED) is 0.316. The third-order valence-electron chi connectivity index (χ3n) is 2.58. The summed E-state index contributed by atoms with van der Waals surface area (Å²) in [4.78, 5) is 2.72. The molecule has 0 heterocycles. The molecule has 0 saturated heterocycles. The molecule has 3 nitrogen and oxygen atoms in total. The van der Waals surface area contributed by atoms with Gasteiger partial charge in [-0.25, -0.2) is 0 Å². The van der Waals surface area contributed by atoms with Crippen LogP contribution in [-0.4, -0.2) is 6.54 Å². The fourth-order valence-corrected chi connectivity index (χ4v) is 1.78. The molecule has 2 aromatic rings. The van der Waals surface area contributed by atoms with Crippen molar-refractivity contribution < 1.29 is 0 Å². The molecule has 0 amide bonds. The van der Waals surface area contributed by atoms with Crippen molar-refractivity contribution in [1.29, 1.82) is 0 Å². The first-order valence-electron chi connectivity index (χ1n) is 5.57. The van der Waals surface area contributed by atoms with E-state index in [2.05, 4.69) is 46.4 Å². The Morgan fingerprint density at radius 1 is 1.12 bits per heavy atom. The molecule has 0 radical (unpaired) electrons. The summed E-state index contributed by atoms with van der Waals surface area (Å²) in [6.07, 6.45) is 4.89. The third-order valence-corrected chi connectivity index (χ3v) is 2.58. The van der Waals surface area contributed by atoms with Gasteiger partial charge in [-0.3, -0.25) is 0 Å². The first-order valence-corrected chi connectivity index (χ1v) is 5.57. The molecule has 0 aromatic heterocycles. The summed E-state index contributed by atoms with van der Waals surface area (Å²) in [6, 6.07) is 14.5. The van der Waals surface area contributed by atoms with E-state index in [-0.39, 0.29) is 0 Å². The maximum atomic E-state index is 8.16. The van der Waals surface area contributed by atoms with Gasteiger partial charge in [-0.2, -0.15) is 0 Å². The van der Waals surface area contributed by atoms with Crippen molar-refractivity contribution in [3.63, 3.8) is 0 Å². The average molecular weight is 223 g/mol. The maximum Gasteiger partial charge on any atom is 0.0292 e. The number of fused-ring (bicyclic) bond motifs is 1. The molecule has 0 aliphatic heterocycles. The summed E-state index contributed by atoms with van der Waals surface area (Å²) in [5.41, 5.74) is 9.36. The predicted octanol–water partition coefficient (Wildman–Crippen LogP) is 4.55. The molecule has 0 atom stereocenters. The van der Waals surface area contributed by atoms with Crippen molar-refractivity contribution in [3.05, 3.63) is 64.5 Å². The van der Waals surface area contributed by atoms with Crippen molar-refractivity contribution in [1.82, 2.24) is 0 Å². The average Bonchev–Trinajstić information content (AvgIpc) is 2.39. The fourth-order valence-electron chi connectivity index (χ4n) is 1.78.